The van der Waals surface area contributed by atoms with Crippen molar-refractivity contribution in [1.82, 2.24) is 4.90 Å². The van der Waals surface area contributed by atoms with E-state index < -0.39 is 0 Å². The van der Waals surface area contributed by atoms with E-state index in [4.69, 9.17) is 0 Å². The summed E-state index contributed by atoms with van der Waals surface area (Å²) in [5.74, 6) is 0.298. The zero-order valence-corrected chi connectivity index (χ0v) is 15.9. The molecule has 0 aromatic heterocycles. The van der Waals surface area contributed by atoms with Gasteiger partial charge in [-0.1, -0.05) is 48.5 Å². The Balaban J connectivity index is 1.43. The zero-order valence-electron chi connectivity index (χ0n) is 15.9. The first kappa shape index (κ1) is 17.4. The van der Waals surface area contributed by atoms with Crippen molar-refractivity contribution in [2.45, 2.75) is 31.3 Å². The van der Waals surface area contributed by atoms with Gasteiger partial charge >= 0.3 is 0 Å². The second kappa shape index (κ2) is 7.40. The second-order valence-corrected chi connectivity index (χ2v) is 8.03. The van der Waals surface area contributed by atoms with E-state index in [2.05, 4.69) is 58.7 Å². The highest BCUT2D eigenvalue weighted by Gasteiger charge is 2.35. The summed E-state index contributed by atoms with van der Waals surface area (Å²) in [6, 6.07) is 24.7. The standard InChI is InChI=1S/C25H25FN2/c26-21-9-4-8-19(14-21)20-11-12-25-22(15-20)23-17-28(13-5-10-24(23)27-25)16-18-6-2-1-3-7-18/h1-4,6-9,11-12,14-15,23-24,27H,5,10,13,16-17H2/t23-,24?/m0/s1. The van der Waals surface area contributed by atoms with E-state index in [1.54, 1.807) is 12.1 Å². The van der Waals surface area contributed by atoms with Gasteiger partial charge in [0.2, 0.25) is 0 Å². The molecule has 0 saturated carbocycles. The van der Waals surface area contributed by atoms with Crippen LogP contribution in [0.25, 0.3) is 11.1 Å². The lowest BCUT2D eigenvalue weighted by molar-refractivity contribution is 0.264. The summed E-state index contributed by atoms with van der Waals surface area (Å²) >= 11 is 0. The van der Waals surface area contributed by atoms with Gasteiger partial charge in [0, 0.05) is 30.7 Å². The second-order valence-electron chi connectivity index (χ2n) is 8.03. The minimum atomic E-state index is -0.183. The molecule has 3 aromatic rings. The van der Waals surface area contributed by atoms with E-state index in [0.717, 1.165) is 30.8 Å². The Kier molecular flexibility index (Phi) is 4.61. The highest BCUT2D eigenvalue weighted by Crippen LogP contribution is 2.41. The number of fused-ring (bicyclic) bond motifs is 3. The fraction of sp³-hybridized carbons (Fsp3) is 0.280. The largest absolute Gasteiger partial charge is 0.381 e. The summed E-state index contributed by atoms with van der Waals surface area (Å²) in [7, 11) is 0. The van der Waals surface area contributed by atoms with Crippen molar-refractivity contribution in [2.75, 3.05) is 18.4 Å². The van der Waals surface area contributed by atoms with Gasteiger partial charge in [-0.2, -0.15) is 0 Å². The molecule has 0 aliphatic carbocycles. The van der Waals surface area contributed by atoms with E-state index in [1.165, 1.54) is 35.7 Å². The number of likely N-dealkylation sites (tertiary alicyclic amines) is 1. The molecular formula is C25H25FN2. The summed E-state index contributed by atoms with van der Waals surface area (Å²) in [6.07, 6.45) is 2.41. The van der Waals surface area contributed by atoms with Gasteiger partial charge in [-0.15, -0.1) is 0 Å². The Morgan fingerprint density at radius 3 is 2.64 bits per heavy atom. The maximum Gasteiger partial charge on any atom is 0.123 e. The minimum Gasteiger partial charge on any atom is -0.381 e. The molecule has 0 spiro atoms. The van der Waals surface area contributed by atoms with Gasteiger partial charge < -0.3 is 5.32 Å². The third-order valence-corrected chi connectivity index (χ3v) is 6.13. The van der Waals surface area contributed by atoms with Gasteiger partial charge in [0.1, 0.15) is 5.82 Å². The smallest absolute Gasteiger partial charge is 0.123 e. The molecule has 2 aliphatic heterocycles. The van der Waals surface area contributed by atoms with Crippen molar-refractivity contribution in [1.29, 1.82) is 0 Å². The van der Waals surface area contributed by atoms with Crippen LogP contribution in [0.15, 0.2) is 72.8 Å². The molecule has 2 aliphatic rings. The summed E-state index contributed by atoms with van der Waals surface area (Å²) < 4.78 is 13.7. The van der Waals surface area contributed by atoms with E-state index in [0.29, 0.717) is 12.0 Å². The number of nitrogens with one attached hydrogen (secondary N) is 1. The number of hydrogen-bond acceptors (Lipinski definition) is 2. The normalized spacial score (nSPS) is 21.5. The molecule has 0 radical (unpaired) electrons. The Morgan fingerprint density at radius 1 is 0.929 bits per heavy atom. The molecule has 2 nitrogen and oxygen atoms in total. The SMILES string of the molecule is Fc1cccc(-c2ccc3c(c2)[C@@H]2CN(Cc4ccccc4)CCCC2N3)c1. The predicted molar refractivity (Wildman–Crippen MR) is 113 cm³/mol. The number of hydrogen-bond donors (Lipinski definition) is 1. The van der Waals surface area contributed by atoms with E-state index in [9.17, 15) is 4.39 Å². The molecule has 3 heteroatoms. The van der Waals surface area contributed by atoms with E-state index >= 15 is 0 Å². The summed E-state index contributed by atoms with van der Waals surface area (Å²) in [4.78, 5) is 2.59. The van der Waals surface area contributed by atoms with Gasteiger partial charge in [-0.3, -0.25) is 4.90 Å². The first-order valence-corrected chi connectivity index (χ1v) is 10.2. The van der Waals surface area contributed by atoms with E-state index in [1.807, 2.05) is 6.07 Å². The number of rotatable bonds is 3. The van der Waals surface area contributed by atoms with Crippen LogP contribution < -0.4 is 5.32 Å². The molecule has 0 bridgehead atoms. The van der Waals surface area contributed by atoms with Crippen LogP contribution in [0.4, 0.5) is 10.1 Å². The molecule has 142 valence electrons. The summed E-state index contributed by atoms with van der Waals surface area (Å²) in [6.45, 7) is 3.21. The Morgan fingerprint density at radius 2 is 1.79 bits per heavy atom. The molecule has 1 saturated heterocycles. The lowest BCUT2D eigenvalue weighted by Crippen LogP contribution is -2.29. The molecular weight excluding hydrogens is 347 g/mol. The van der Waals surface area contributed by atoms with Crippen molar-refractivity contribution < 1.29 is 4.39 Å². The van der Waals surface area contributed by atoms with Crippen LogP contribution in [0.5, 0.6) is 0 Å². The van der Waals surface area contributed by atoms with E-state index in [-0.39, 0.29) is 5.82 Å². The molecule has 2 heterocycles. The molecule has 1 fully saturated rings. The third-order valence-electron chi connectivity index (χ3n) is 6.13. The Hall–Kier alpha value is -2.65. The van der Waals surface area contributed by atoms with Crippen molar-refractivity contribution in [3.8, 4) is 11.1 Å². The molecule has 5 rings (SSSR count). The van der Waals surface area contributed by atoms with Crippen LogP contribution in [0.3, 0.4) is 0 Å². The fourth-order valence-corrected chi connectivity index (χ4v) is 4.75. The third kappa shape index (κ3) is 3.43. The van der Waals surface area contributed by atoms with Crippen LogP contribution >= 0.6 is 0 Å². The highest BCUT2D eigenvalue weighted by atomic mass is 19.1. The maximum absolute atomic E-state index is 13.7. The molecule has 1 unspecified atom stereocenters. The van der Waals surface area contributed by atoms with Crippen molar-refractivity contribution in [3.05, 3.63) is 89.7 Å². The van der Waals surface area contributed by atoms with Crippen LogP contribution in [0.2, 0.25) is 0 Å². The quantitative estimate of drug-likeness (QED) is 0.637. The van der Waals surface area contributed by atoms with Gasteiger partial charge in [0.05, 0.1) is 0 Å². The molecule has 3 aromatic carbocycles. The van der Waals surface area contributed by atoms with Gasteiger partial charge in [-0.25, -0.2) is 4.39 Å². The maximum atomic E-state index is 13.7. The first-order valence-electron chi connectivity index (χ1n) is 10.2. The number of benzene rings is 3. The fourth-order valence-electron chi connectivity index (χ4n) is 4.75. The monoisotopic (exact) mass is 372 g/mol. The molecule has 1 N–H and O–H groups in total. The number of halogens is 1. The average Bonchev–Trinajstić information content (AvgIpc) is 2.92. The van der Waals surface area contributed by atoms with Gasteiger partial charge in [0.25, 0.3) is 0 Å². The predicted octanol–water partition coefficient (Wildman–Crippen LogP) is 5.67. The van der Waals surface area contributed by atoms with Gasteiger partial charge in [0.15, 0.2) is 0 Å². The first-order chi connectivity index (χ1) is 13.8. The molecule has 28 heavy (non-hydrogen) atoms. The van der Waals surface area contributed by atoms with Crippen LogP contribution in [-0.4, -0.2) is 24.0 Å². The zero-order chi connectivity index (χ0) is 18.9. The van der Waals surface area contributed by atoms with Crippen molar-refractivity contribution >= 4 is 5.69 Å². The van der Waals surface area contributed by atoms with Crippen molar-refractivity contribution in [2.24, 2.45) is 0 Å². The number of nitrogens with zero attached hydrogens (tertiary/aromatic N) is 1. The summed E-state index contributed by atoms with van der Waals surface area (Å²) in [5.41, 5.74) is 6.05. The minimum absolute atomic E-state index is 0.183. The lowest BCUT2D eigenvalue weighted by atomic mass is 9.91. The van der Waals surface area contributed by atoms with Crippen LogP contribution in [0, 0.1) is 5.82 Å². The topological polar surface area (TPSA) is 15.3 Å². The molecule has 2 atom stereocenters. The summed E-state index contributed by atoms with van der Waals surface area (Å²) in [5, 5.41) is 3.75. The Bertz CT molecular complexity index is 969. The highest BCUT2D eigenvalue weighted by molar-refractivity contribution is 5.71. The Labute approximate surface area is 166 Å². The lowest BCUT2D eigenvalue weighted by Gasteiger charge is -2.24. The van der Waals surface area contributed by atoms with Crippen molar-refractivity contribution in [3.63, 3.8) is 0 Å². The average molecular weight is 372 g/mol. The number of anilines is 1. The van der Waals surface area contributed by atoms with Gasteiger partial charge in [-0.05, 0) is 65.9 Å². The molecule has 0 amide bonds. The van der Waals surface area contributed by atoms with Crippen LogP contribution in [0.1, 0.15) is 29.9 Å². The van der Waals surface area contributed by atoms with Crippen LogP contribution in [-0.2, 0) is 6.54 Å².